The van der Waals surface area contributed by atoms with Gasteiger partial charge in [0.1, 0.15) is 5.75 Å². The third-order valence-corrected chi connectivity index (χ3v) is 3.38. The van der Waals surface area contributed by atoms with E-state index < -0.39 is 0 Å². The van der Waals surface area contributed by atoms with Crippen molar-refractivity contribution in [3.63, 3.8) is 0 Å². The Morgan fingerprint density at radius 2 is 2.12 bits per heavy atom. The van der Waals surface area contributed by atoms with Crippen molar-refractivity contribution in [2.24, 2.45) is 11.7 Å². The third-order valence-electron chi connectivity index (χ3n) is 3.38. The van der Waals surface area contributed by atoms with Gasteiger partial charge in [-0.3, -0.25) is 0 Å². The van der Waals surface area contributed by atoms with Crippen molar-refractivity contribution in [2.75, 3.05) is 13.7 Å². The first-order chi connectivity index (χ1) is 8.13. The van der Waals surface area contributed by atoms with Crippen LogP contribution >= 0.6 is 0 Å². The summed E-state index contributed by atoms with van der Waals surface area (Å²) in [5.74, 6) is 1.40. The Morgan fingerprint density at radius 3 is 2.76 bits per heavy atom. The van der Waals surface area contributed by atoms with Gasteiger partial charge in [0.25, 0.3) is 0 Å². The van der Waals surface area contributed by atoms with Crippen LogP contribution in [0, 0.1) is 5.92 Å². The normalized spacial score (nSPS) is 17.7. The molecule has 2 unspecified atom stereocenters. The molecule has 0 aromatic heterocycles. The molecule has 0 amide bonds. The van der Waals surface area contributed by atoms with Gasteiger partial charge in [-0.05, 0) is 23.1 Å². The Hall–Kier alpha value is -1.06. The third kappa shape index (κ3) is 2.45. The van der Waals surface area contributed by atoms with E-state index in [1.165, 1.54) is 5.56 Å². The summed E-state index contributed by atoms with van der Waals surface area (Å²) in [4.78, 5) is 0. The number of fused-ring (bicyclic) bond motifs is 1. The fraction of sp³-hybridized carbons (Fsp3) is 0.571. The second-order valence-corrected chi connectivity index (χ2v) is 4.94. The summed E-state index contributed by atoms with van der Waals surface area (Å²) in [6.45, 7) is 5.04. The maximum absolute atomic E-state index is 6.28. The predicted molar refractivity (Wildman–Crippen MR) is 68.2 cm³/mol. The minimum Gasteiger partial charge on any atom is -0.493 e. The van der Waals surface area contributed by atoms with Crippen LogP contribution in [0.5, 0.6) is 5.75 Å². The Bertz CT molecular complexity index is 390. The van der Waals surface area contributed by atoms with Crippen molar-refractivity contribution in [3.8, 4) is 5.75 Å². The summed E-state index contributed by atoms with van der Waals surface area (Å²) in [6, 6.07) is 6.14. The fourth-order valence-electron chi connectivity index (χ4n) is 2.44. The first-order valence-corrected chi connectivity index (χ1v) is 6.17. The number of ether oxygens (including phenoxy) is 2. The lowest BCUT2D eigenvalue weighted by molar-refractivity contribution is 0.0437. The molecular formula is C14H21NO2. The molecule has 1 aliphatic heterocycles. The maximum atomic E-state index is 6.28. The average molecular weight is 235 g/mol. The molecule has 1 aliphatic rings. The lowest BCUT2D eigenvalue weighted by atomic mass is 9.93. The SMILES string of the molecule is COC(C(C)C)C(N)c1ccc2c(c1)CCO2. The van der Waals surface area contributed by atoms with Crippen LogP contribution in [0.1, 0.15) is 31.0 Å². The van der Waals surface area contributed by atoms with Crippen LogP contribution in [0.15, 0.2) is 18.2 Å². The molecule has 1 heterocycles. The Labute approximate surface area is 103 Å². The largest absolute Gasteiger partial charge is 0.493 e. The summed E-state index contributed by atoms with van der Waals surface area (Å²) in [5.41, 5.74) is 8.67. The molecule has 1 aromatic rings. The van der Waals surface area contributed by atoms with Crippen LogP contribution in [0.2, 0.25) is 0 Å². The van der Waals surface area contributed by atoms with Gasteiger partial charge in [0.2, 0.25) is 0 Å². The van der Waals surface area contributed by atoms with Gasteiger partial charge in [-0.2, -0.15) is 0 Å². The van der Waals surface area contributed by atoms with Crippen LogP contribution in [0.25, 0.3) is 0 Å². The summed E-state index contributed by atoms with van der Waals surface area (Å²) >= 11 is 0. The van der Waals surface area contributed by atoms with Crippen LogP contribution in [0.4, 0.5) is 0 Å². The molecule has 94 valence electrons. The van der Waals surface area contributed by atoms with Gasteiger partial charge in [0.15, 0.2) is 0 Å². The molecule has 0 radical (unpaired) electrons. The molecule has 3 nitrogen and oxygen atoms in total. The highest BCUT2D eigenvalue weighted by Gasteiger charge is 2.23. The van der Waals surface area contributed by atoms with E-state index in [-0.39, 0.29) is 12.1 Å². The van der Waals surface area contributed by atoms with Gasteiger partial charge < -0.3 is 15.2 Å². The summed E-state index contributed by atoms with van der Waals surface area (Å²) in [5, 5.41) is 0. The molecule has 0 saturated carbocycles. The highest BCUT2D eigenvalue weighted by Crippen LogP contribution is 2.30. The van der Waals surface area contributed by atoms with E-state index in [0.717, 1.165) is 24.3 Å². The number of hydrogen-bond donors (Lipinski definition) is 1. The minimum absolute atomic E-state index is 0.0513. The van der Waals surface area contributed by atoms with E-state index in [1.54, 1.807) is 7.11 Å². The summed E-state index contributed by atoms with van der Waals surface area (Å²) in [7, 11) is 1.72. The van der Waals surface area contributed by atoms with Gasteiger partial charge in [-0.25, -0.2) is 0 Å². The average Bonchev–Trinajstić information content (AvgIpc) is 2.75. The van der Waals surface area contributed by atoms with Crippen molar-refractivity contribution < 1.29 is 9.47 Å². The lowest BCUT2D eigenvalue weighted by Gasteiger charge is -2.26. The highest BCUT2D eigenvalue weighted by atomic mass is 16.5. The first kappa shape index (κ1) is 12.4. The lowest BCUT2D eigenvalue weighted by Crippen LogP contribution is -2.32. The van der Waals surface area contributed by atoms with Crippen molar-refractivity contribution in [1.29, 1.82) is 0 Å². The number of nitrogens with two attached hydrogens (primary N) is 1. The molecule has 3 heteroatoms. The molecule has 0 bridgehead atoms. The molecule has 2 rings (SSSR count). The molecule has 1 aromatic carbocycles. The Morgan fingerprint density at radius 1 is 1.35 bits per heavy atom. The highest BCUT2D eigenvalue weighted by molar-refractivity contribution is 5.41. The molecule has 0 spiro atoms. The van der Waals surface area contributed by atoms with E-state index in [4.69, 9.17) is 15.2 Å². The van der Waals surface area contributed by atoms with Gasteiger partial charge >= 0.3 is 0 Å². The summed E-state index contributed by atoms with van der Waals surface area (Å²) in [6.07, 6.45) is 1.03. The zero-order valence-corrected chi connectivity index (χ0v) is 10.8. The van der Waals surface area contributed by atoms with Gasteiger partial charge in [-0.15, -0.1) is 0 Å². The van der Waals surface area contributed by atoms with Gasteiger partial charge in [0, 0.05) is 13.5 Å². The quantitative estimate of drug-likeness (QED) is 0.871. The fourth-order valence-corrected chi connectivity index (χ4v) is 2.44. The van der Waals surface area contributed by atoms with Crippen molar-refractivity contribution >= 4 is 0 Å². The van der Waals surface area contributed by atoms with E-state index in [9.17, 15) is 0 Å². The zero-order valence-electron chi connectivity index (χ0n) is 10.8. The predicted octanol–water partition coefficient (Wildman–Crippen LogP) is 2.29. The number of benzene rings is 1. The van der Waals surface area contributed by atoms with Crippen molar-refractivity contribution in [2.45, 2.75) is 32.4 Å². The Kier molecular flexibility index (Phi) is 3.69. The second kappa shape index (κ2) is 5.07. The van der Waals surface area contributed by atoms with Crippen LogP contribution in [-0.4, -0.2) is 19.8 Å². The monoisotopic (exact) mass is 235 g/mol. The molecule has 0 saturated heterocycles. The molecule has 0 aliphatic carbocycles. The maximum Gasteiger partial charge on any atom is 0.122 e. The molecule has 2 atom stereocenters. The molecular weight excluding hydrogens is 214 g/mol. The second-order valence-electron chi connectivity index (χ2n) is 4.94. The number of rotatable bonds is 4. The van der Waals surface area contributed by atoms with Crippen molar-refractivity contribution in [3.05, 3.63) is 29.3 Å². The van der Waals surface area contributed by atoms with Gasteiger partial charge in [0.05, 0.1) is 18.8 Å². The number of methoxy groups -OCH3 is 1. The Balaban J connectivity index is 2.21. The van der Waals surface area contributed by atoms with Crippen molar-refractivity contribution in [1.82, 2.24) is 0 Å². The summed E-state index contributed by atoms with van der Waals surface area (Å²) < 4.78 is 11.0. The van der Waals surface area contributed by atoms with Crippen LogP contribution in [0.3, 0.4) is 0 Å². The topological polar surface area (TPSA) is 44.5 Å². The van der Waals surface area contributed by atoms with Crippen LogP contribution in [-0.2, 0) is 11.2 Å². The smallest absolute Gasteiger partial charge is 0.122 e. The molecule has 17 heavy (non-hydrogen) atoms. The first-order valence-electron chi connectivity index (χ1n) is 6.17. The zero-order chi connectivity index (χ0) is 12.4. The standard InChI is InChI=1S/C14H21NO2/c1-9(2)14(16-3)13(15)11-4-5-12-10(8-11)6-7-17-12/h4-5,8-9,13-14H,6-7,15H2,1-3H3. The molecule has 0 fully saturated rings. The molecule has 2 N–H and O–H groups in total. The van der Waals surface area contributed by atoms with E-state index >= 15 is 0 Å². The van der Waals surface area contributed by atoms with E-state index in [0.29, 0.717) is 5.92 Å². The van der Waals surface area contributed by atoms with Gasteiger partial charge in [-0.1, -0.05) is 26.0 Å². The van der Waals surface area contributed by atoms with Crippen LogP contribution < -0.4 is 10.5 Å². The van der Waals surface area contributed by atoms with E-state index in [1.807, 2.05) is 12.1 Å². The minimum atomic E-state index is -0.0779. The van der Waals surface area contributed by atoms with E-state index in [2.05, 4.69) is 19.9 Å². The number of hydrogen-bond acceptors (Lipinski definition) is 3.